The summed E-state index contributed by atoms with van der Waals surface area (Å²) >= 11 is 3.34. The first kappa shape index (κ1) is 15.0. The molecule has 100 valence electrons. The summed E-state index contributed by atoms with van der Waals surface area (Å²) in [6, 6.07) is 5.24. The Hall–Kier alpha value is -1.07. The summed E-state index contributed by atoms with van der Waals surface area (Å²) in [7, 11) is 3.38. The zero-order valence-electron chi connectivity index (χ0n) is 10.8. The quantitative estimate of drug-likeness (QED) is 0.907. The second-order valence-corrected chi connectivity index (χ2v) is 5.13. The van der Waals surface area contributed by atoms with Gasteiger partial charge in [0.2, 0.25) is 0 Å². The zero-order chi connectivity index (χ0) is 13.7. The Morgan fingerprint density at radius 1 is 1.50 bits per heavy atom. The largest absolute Gasteiger partial charge is 0.490 e. The number of ether oxygens (including phenoxy) is 1. The van der Waals surface area contributed by atoms with Crippen molar-refractivity contribution in [3.63, 3.8) is 0 Å². The zero-order valence-corrected chi connectivity index (χ0v) is 12.4. The van der Waals surface area contributed by atoms with E-state index in [1.807, 2.05) is 6.92 Å². The molecule has 1 rings (SSSR count). The van der Waals surface area contributed by atoms with Crippen LogP contribution < -0.4 is 4.74 Å². The third-order valence-corrected chi connectivity index (χ3v) is 2.98. The van der Waals surface area contributed by atoms with E-state index in [0.717, 1.165) is 4.47 Å². The van der Waals surface area contributed by atoms with Gasteiger partial charge in [-0.2, -0.15) is 0 Å². The standard InChI is InChI=1S/C13H18BrNO3/c1-4-10(16)8-18-12-7-9(14)5-6-11(12)13(17)15(2)3/h5-7,10,16H,4,8H2,1-3H3/t10-/m0/s1. The molecule has 1 aromatic rings. The van der Waals surface area contributed by atoms with Crippen molar-refractivity contribution in [1.29, 1.82) is 0 Å². The van der Waals surface area contributed by atoms with Gasteiger partial charge in [-0.05, 0) is 24.6 Å². The van der Waals surface area contributed by atoms with Crippen LogP contribution in [0.1, 0.15) is 23.7 Å². The smallest absolute Gasteiger partial charge is 0.257 e. The van der Waals surface area contributed by atoms with Crippen molar-refractivity contribution in [1.82, 2.24) is 4.90 Å². The van der Waals surface area contributed by atoms with E-state index in [0.29, 0.717) is 17.7 Å². The van der Waals surface area contributed by atoms with Gasteiger partial charge in [0.05, 0.1) is 11.7 Å². The molecule has 0 saturated carbocycles. The van der Waals surface area contributed by atoms with Crippen LogP contribution in [0.25, 0.3) is 0 Å². The van der Waals surface area contributed by atoms with Gasteiger partial charge in [0, 0.05) is 18.6 Å². The third-order valence-electron chi connectivity index (χ3n) is 2.48. The van der Waals surface area contributed by atoms with Gasteiger partial charge < -0.3 is 14.7 Å². The van der Waals surface area contributed by atoms with E-state index >= 15 is 0 Å². The molecule has 0 radical (unpaired) electrons. The molecule has 0 heterocycles. The van der Waals surface area contributed by atoms with Gasteiger partial charge >= 0.3 is 0 Å². The highest BCUT2D eigenvalue weighted by Crippen LogP contribution is 2.25. The van der Waals surface area contributed by atoms with E-state index < -0.39 is 6.10 Å². The molecule has 0 aliphatic heterocycles. The molecule has 18 heavy (non-hydrogen) atoms. The minimum atomic E-state index is -0.522. The summed E-state index contributed by atoms with van der Waals surface area (Å²) in [5, 5.41) is 9.50. The monoisotopic (exact) mass is 315 g/mol. The fraction of sp³-hybridized carbons (Fsp3) is 0.462. The highest BCUT2D eigenvalue weighted by Gasteiger charge is 2.15. The lowest BCUT2D eigenvalue weighted by Crippen LogP contribution is -2.23. The Morgan fingerprint density at radius 3 is 2.72 bits per heavy atom. The lowest BCUT2D eigenvalue weighted by atomic mass is 10.2. The second kappa shape index (κ2) is 6.75. The summed E-state index contributed by atoms with van der Waals surface area (Å²) in [5.74, 6) is 0.360. The Kier molecular flexibility index (Phi) is 5.62. The summed E-state index contributed by atoms with van der Waals surface area (Å²) in [5.41, 5.74) is 0.492. The third kappa shape index (κ3) is 3.99. The number of hydrogen-bond acceptors (Lipinski definition) is 3. The molecule has 0 aromatic heterocycles. The van der Waals surface area contributed by atoms with Crippen molar-refractivity contribution >= 4 is 21.8 Å². The van der Waals surface area contributed by atoms with Gasteiger partial charge in [-0.25, -0.2) is 0 Å². The number of benzene rings is 1. The molecule has 0 unspecified atom stereocenters. The van der Waals surface area contributed by atoms with Crippen LogP contribution in [0.15, 0.2) is 22.7 Å². The minimum absolute atomic E-state index is 0.122. The predicted octanol–water partition coefficient (Wildman–Crippen LogP) is 2.30. The average molecular weight is 316 g/mol. The van der Waals surface area contributed by atoms with Crippen LogP contribution in [0.2, 0.25) is 0 Å². The highest BCUT2D eigenvalue weighted by atomic mass is 79.9. The molecular formula is C13H18BrNO3. The van der Waals surface area contributed by atoms with Crippen molar-refractivity contribution in [2.45, 2.75) is 19.4 Å². The van der Waals surface area contributed by atoms with Crippen LogP contribution in [0, 0.1) is 0 Å². The number of halogens is 1. The fourth-order valence-corrected chi connectivity index (χ4v) is 1.68. The van der Waals surface area contributed by atoms with Gasteiger partial charge in [-0.1, -0.05) is 22.9 Å². The van der Waals surface area contributed by atoms with Gasteiger partial charge in [-0.3, -0.25) is 4.79 Å². The molecule has 0 spiro atoms. The topological polar surface area (TPSA) is 49.8 Å². The van der Waals surface area contributed by atoms with Crippen molar-refractivity contribution in [2.75, 3.05) is 20.7 Å². The number of hydrogen-bond donors (Lipinski definition) is 1. The van der Waals surface area contributed by atoms with E-state index in [9.17, 15) is 9.90 Å². The summed E-state index contributed by atoms with van der Waals surface area (Å²) in [4.78, 5) is 13.5. The number of nitrogens with zero attached hydrogens (tertiary/aromatic N) is 1. The van der Waals surface area contributed by atoms with E-state index in [4.69, 9.17) is 4.74 Å². The van der Waals surface area contributed by atoms with Crippen molar-refractivity contribution in [3.05, 3.63) is 28.2 Å². The number of aliphatic hydroxyl groups is 1. The minimum Gasteiger partial charge on any atom is -0.490 e. The molecule has 1 atom stereocenters. The van der Waals surface area contributed by atoms with Crippen molar-refractivity contribution in [2.24, 2.45) is 0 Å². The van der Waals surface area contributed by atoms with Crippen LogP contribution in [-0.4, -0.2) is 42.7 Å². The first-order valence-corrected chi connectivity index (χ1v) is 6.57. The molecule has 0 saturated heterocycles. The Morgan fingerprint density at radius 2 is 2.17 bits per heavy atom. The number of rotatable bonds is 5. The molecule has 0 aliphatic carbocycles. The summed E-state index contributed by atoms with van der Waals surface area (Å²) in [6.45, 7) is 2.06. The normalized spacial score (nSPS) is 12.1. The molecule has 0 bridgehead atoms. The van der Waals surface area contributed by atoms with E-state index in [1.165, 1.54) is 4.90 Å². The number of carbonyl (C=O) groups excluding carboxylic acids is 1. The van der Waals surface area contributed by atoms with Crippen molar-refractivity contribution < 1.29 is 14.6 Å². The number of amides is 1. The first-order chi connectivity index (χ1) is 8.45. The maximum Gasteiger partial charge on any atom is 0.257 e. The summed E-state index contributed by atoms with van der Waals surface area (Å²) in [6.07, 6.45) is 0.0941. The molecule has 1 amide bonds. The number of aliphatic hydroxyl groups excluding tert-OH is 1. The van der Waals surface area contributed by atoms with Gasteiger partial charge in [0.15, 0.2) is 0 Å². The van der Waals surface area contributed by atoms with Gasteiger partial charge in [0.25, 0.3) is 5.91 Å². The first-order valence-electron chi connectivity index (χ1n) is 5.77. The molecule has 1 N–H and O–H groups in total. The SMILES string of the molecule is CC[C@H](O)COc1cc(Br)ccc1C(=O)N(C)C. The molecule has 0 aliphatic rings. The highest BCUT2D eigenvalue weighted by molar-refractivity contribution is 9.10. The maximum atomic E-state index is 12.0. The van der Waals surface area contributed by atoms with Crippen LogP contribution >= 0.6 is 15.9 Å². The fourth-order valence-electron chi connectivity index (χ4n) is 1.34. The van der Waals surface area contributed by atoms with E-state index in [-0.39, 0.29) is 12.5 Å². The van der Waals surface area contributed by atoms with E-state index in [2.05, 4.69) is 15.9 Å². The lowest BCUT2D eigenvalue weighted by Gasteiger charge is -2.16. The molecule has 0 fully saturated rings. The average Bonchev–Trinajstić information content (AvgIpc) is 2.35. The molecular weight excluding hydrogens is 298 g/mol. The lowest BCUT2D eigenvalue weighted by molar-refractivity contribution is 0.0808. The number of carbonyl (C=O) groups is 1. The predicted molar refractivity (Wildman–Crippen MR) is 74.0 cm³/mol. The van der Waals surface area contributed by atoms with Gasteiger partial charge in [-0.15, -0.1) is 0 Å². The van der Waals surface area contributed by atoms with Crippen LogP contribution in [0.4, 0.5) is 0 Å². The molecule has 1 aromatic carbocycles. The van der Waals surface area contributed by atoms with Gasteiger partial charge in [0.1, 0.15) is 12.4 Å². The summed E-state index contributed by atoms with van der Waals surface area (Å²) < 4.78 is 6.35. The maximum absolute atomic E-state index is 12.0. The molecule has 5 heteroatoms. The molecule has 4 nitrogen and oxygen atoms in total. The Labute approximate surface area is 116 Å². The van der Waals surface area contributed by atoms with Crippen LogP contribution in [0.5, 0.6) is 5.75 Å². The second-order valence-electron chi connectivity index (χ2n) is 4.21. The van der Waals surface area contributed by atoms with E-state index in [1.54, 1.807) is 32.3 Å². The van der Waals surface area contributed by atoms with Crippen LogP contribution in [0.3, 0.4) is 0 Å². The van der Waals surface area contributed by atoms with Crippen molar-refractivity contribution in [3.8, 4) is 5.75 Å². The Bertz CT molecular complexity index is 421. The van der Waals surface area contributed by atoms with Crippen LogP contribution in [-0.2, 0) is 0 Å². The Balaban J connectivity index is 2.93.